The Morgan fingerprint density at radius 2 is 0.842 bits per heavy atom. The molecule has 0 saturated heterocycles. The molecule has 0 bridgehead atoms. The zero-order valence-corrected chi connectivity index (χ0v) is 20.9. The lowest BCUT2D eigenvalue weighted by Gasteiger charge is -2.10. The van der Waals surface area contributed by atoms with E-state index in [4.69, 9.17) is 18.3 Å². The molecular formula is C32H24N2O4. The topological polar surface area (TPSA) is 70.5 Å². The van der Waals surface area contributed by atoms with Gasteiger partial charge in [0.2, 0.25) is 11.8 Å². The molecule has 0 radical (unpaired) electrons. The van der Waals surface area contributed by atoms with Crippen molar-refractivity contribution in [3.8, 4) is 68.2 Å². The third-order valence-electron chi connectivity index (χ3n) is 6.37. The Kier molecular flexibility index (Phi) is 6.20. The maximum absolute atomic E-state index is 6.22. The van der Waals surface area contributed by atoms with Crippen molar-refractivity contribution in [2.45, 2.75) is 0 Å². The number of aromatic nitrogens is 2. The van der Waals surface area contributed by atoms with Gasteiger partial charge < -0.3 is 18.3 Å². The predicted molar refractivity (Wildman–Crippen MR) is 147 cm³/mol. The molecule has 0 aliphatic carbocycles. The minimum Gasteiger partial charge on any atom is -0.497 e. The minimum atomic E-state index is 0.535. The summed E-state index contributed by atoms with van der Waals surface area (Å²) in [5.41, 5.74) is 5.54. The number of methoxy groups -OCH3 is 2. The highest BCUT2D eigenvalue weighted by molar-refractivity contribution is 5.88. The highest BCUT2D eigenvalue weighted by atomic mass is 16.5. The van der Waals surface area contributed by atoms with E-state index < -0.39 is 0 Å². The summed E-state index contributed by atoms with van der Waals surface area (Å²) in [6.07, 6.45) is 3.49. The predicted octanol–water partition coefficient (Wildman–Crippen LogP) is 8.01. The van der Waals surface area contributed by atoms with Gasteiger partial charge in [0, 0.05) is 22.3 Å². The van der Waals surface area contributed by atoms with E-state index >= 15 is 0 Å². The van der Waals surface area contributed by atoms with Crippen molar-refractivity contribution >= 4 is 0 Å². The van der Waals surface area contributed by atoms with Gasteiger partial charge in [-0.15, -0.1) is 0 Å². The first-order valence-electron chi connectivity index (χ1n) is 12.1. The number of hydrogen-bond donors (Lipinski definition) is 0. The Morgan fingerprint density at radius 1 is 0.474 bits per heavy atom. The Labute approximate surface area is 220 Å². The number of ether oxygens (including phenoxy) is 2. The molecular weight excluding hydrogens is 476 g/mol. The first-order valence-corrected chi connectivity index (χ1v) is 12.1. The summed E-state index contributed by atoms with van der Waals surface area (Å²) in [7, 11) is 3.29. The quantitative estimate of drug-likeness (QED) is 0.221. The Morgan fingerprint density at radius 3 is 1.21 bits per heavy atom. The van der Waals surface area contributed by atoms with E-state index in [0.29, 0.717) is 23.3 Å². The van der Waals surface area contributed by atoms with Crippen LogP contribution in [-0.2, 0) is 0 Å². The third kappa shape index (κ3) is 4.44. The molecule has 0 aliphatic rings. The van der Waals surface area contributed by atoms with Crippen LogP contribution in [0.4, 0.5) is 0 Å². The van der Waals surface area contributed by atoms with Gasteiger partial charge in [-0.2, -0.15) is 0 Å². The van der Waals surface area contributed by atoms with Crippen LogP contribution < -0.4 is 9.47 Å². The molecule has 6 aromatic rings. The zero-order valence-electron chi connectivity index (χ0n) is 20.9. The third-order valence-corrected chi connectivity index (χ3v) is 6.37. The number of hydrogen-bond acceptors (Lipinski definition) is 6. The summed E-state index contributed by atoms with van der Waals surface area (Å²) in [5, 5.41) is 0. The molecule has 186 valence electrons. The van der Waals surface area contributed by atoms with Crippen LogP contribution in [-0.4, -0.2) is 24.2 Å². The van der Waals surface area contributed by atoms with Crippen LogP contribution in [0.5, 0.6) is 11.5 Å². The van der Waals surface area contributed by atoms with Crippen LogP contribution in [0.1, 0.15) is 0 Å². The molecule has 4 aromatic carbocycles. The second-order valence-corrected chi connectivity index (χ2v) is 8.61. The van der Waals surface area contributed by atoms with Gasteiger partial charge in [0.15, 0.2) is 11.5 Å². The molecule has 6 nitrogen and oxygen atoms in total. The average molecular weight is 501 g/mol. The van der Waals surface area contributed by atoms with E-state index in [1.165, 1.54) is 0 Å². The Hall–Kier alpha value is -5.10. The standard InChI is InChI=1S/C32H24N2O4/c1-35-23-15-11-21(12-16-23)29-19-33-31(37-29)27-9-5-3-7-25(27)26-8-4-6-10-28(26)32-34-20-30(38-32)22-13-17-24(36-2)18-14-22/h3-20H,1-2H3. The van der Waals surface area contributed by atoms with Gasteiger partial charge in [0.1, 0.15) is 11.5 Å². The van der Waals surface area contributed by atoms with E-state index in [-0.39, 0.29) is 0 Å². The van der Waals surface area contributed by atoms with Crippen molar-refractivity contribution in [3.05, 3.63) is 109 Å². The molecule has 6 heteroatoms. The SMILES string of the molecule is COc1ccc(-c2cnc(-c3ccccc3-c3ccccc3-c3ncc(-c4ccc(OC)cc4)o3)o2)cc1. The summed E-state index contributed by atoms with van der Waals surface area (Å²) in [5.74, 6) is 4.01. The van der Waals surface area contributed by atoms with Gasteiger partial charge in [0.25, 0.3) is 0 Å². The van der Waals surface area contributed by atoms with Gasteiger partial charge in [-0.1, -0.05) is 36.4 Å². The molecule has 2 aromatic heterocycles. The first-order chi connectivity index (χ1) is 18.7. The highest BCUT2D eigenvalue weighted by Crippen LogP contribution is 2.39. The Balaban J connectivity index is 1.37. The summed E-state index contributed by atoms with van der Waals surface area (Å²) in [4.78, 5) is 9.21. The number of benzene rings is 4. The summed E-state index contributed by atoms with van der Waals surface area (Å²) < 4.78 is 23.0. The molecule has 0 spiro atoms. The van der Waals surface area contributed by atoms with Crippen molar-refractivity contribution in [2.75, 3.05) is 14.2 Å². The lowest BCUT2D eigenvalue weighted by Crippen LogP contribution is -1.89. The molecule has 0 fully saturated rings. The Bertz CT molecular complexity index is 1550. The van der Waals surface area contributed by atoms with Crippen molar-refractivity contribution in [1.29, 1.82) is 0 Å². The van der Waals surface area contributed by atoms with E-state index in [2.05, 4.69) is 22.1 Å². The second-order valence-electron chi connectivity index (χ2n) is 8.61. The number of oxazole rings is 2. The maximum Gasteiger partial charge on any atom is 0.227 e. The molecule has 0 amide bonds. The fourth-order valence-electron chi connectivity index (χ4n) is 4.38. The van der Waals surface area contributed by atoms with Crippen LogP contribution in [0.3, 0.4) is 0 Å². The monoisotopic (exact) mass is 500 g/mol. The maximum atomic E-state index is 6.22. The largest absolute Gasteiger partial charge is 0.497 e. The molecule has 0 unspecified atom stereocenters. The molecule has 6 rings (SSSR count). The van der Waals surface area contributed by atoms with E-state index in [1.54, 1.807) is 26.6 Å². The molecule has 0 atom stereocenters. The lowest BCUT2D eigenvalue weighted by atomic mass is 9.95. The van der Waals surface area contributed by atoms with Gasteiger partial charge in [-0.3, -0.25) is 0 Å². The van der Waals surface area contributed by atoms with Gasteiger partial charge in [-0.25, -0.2) is 9.97 Å². The molecule has 2 heterocycles. The van der Waals surface area contributed by atoms with Gasteiger partial charge in [0.05, 0.1) is 26.6 Å². The van der Waals surface area contributed by atoms with Gasteiger partial charge >= 0.3 is 0 Å². The highest BCUT2D eigenvalue weighted by Gasteiger charge is 2.18. The second kappa shape index (κ2) is 10.1. The van der Waals surface area contributed by atoms with E-state index in [9.17, 15) is 0 Å². The van der Waals surface area contributed by atoms with Crippen LogP contribution >= 0.6 is 0 Å². The van der Waals surface area contributed by atoms with E-state index in [0.717, 1.165) is 44.9 Å². The first kappa shape index (κ1) is 23.3. The zero-order chi connectivity index (χ0) is 25.9. The van der Waals surface area contributed by atoms with Gasteiger partial charge in [-0.05, 0) is 71.8 Å². The van der Waals surface area contributed by atoms with Crippen LogP contribution in [0.15, 0.2) is 118 Å². The minimum absolute atomic E-state index is 0.535. The molecule has 0 aliphatic heterocycles. The fourth-order valence-corrected chi connectivity index (χ4v) is 4.38. The molecule has 0 N–H and O–H groups in total. The molecule has 0 saturated carbocycles. The van der Waals surface area contributed by atoms with Crippen LogP contribution in [0, 0.1) is 0 Å². The van der Waals surface area contributed by atoms with Crippen LogP contribution in [0.2, 0.25) is 0 Å². The van der Waals surface area contributed by atoms with E-state index in [1.807, 2.05) is 84.9 Å². The van der Waals surface area contributed by atoms with Crippen molar-refractivity contribution in [3.63, 3.8) is 0 Å². The number of rotatable bonds is 7. The van der Waals surface area contributed by atoms with Crippen LogP contribution in [0.25, 0.3) is 56.7 Å². The summed E-state index contributed by atoms with van der Waals surface area (Å²) in [6.45, 7) is 0. The average Bonchev–Trinajstić information content (AvgIpc) is 3.68. The smallest absolute Gasteiger partial charge is 0.227 e. The van der Waals surface area contributed by atoms with Crippen molar-refractivity contribution in [1.82, 2.24) is 9.97 Å². The summed E-state index contributed by atoms with van der Waals surface area (Å²) in [6, 6.07) is 31.5. The van der Waals surface area contributed by atoms with Crippen molar-refractivity contribution < 1.29 is 18.3 Å². The molecule has 38 heavy (non-hydrogen) atoms. The fraction of sp³-hybridized carbons (Fsp3) is 0.0625. The van der Waals surface area contributed by atoms with Crippen molar-refractivity contribution in [2.24, 2.45) is 0 Å². The summed E-state index contributed by atoms with van der Waals surface area (Å²) >= 11 is 0. The lowest BCUT2D eigenvalue weighted by molar-refractivity contribution is 0.414. The number of nitrogens with zero attached hydrogens (tertiary/aromatic N) is 2. The normalized spacial score (nSPS) is 10.9.